The molecular weight excluding hydrogens is 440 g/mol. The van der Waals surface area contributed by atoms with Crippen molar-refractivity contribution in [3.63, 3.8) is 0 Å². The molecule has 0 bridgehead atoms. The summed E-state index contributed by atoms with van der Waals surface area (Å²) in [6, 6.07) is 13.3. The lowest BCUT2D eigenvalue weighted by Gasteiger charge is -2.28. The molecule has 1 aliphatic carbocycles. The molecule has 2 aromatic carbocycles. The fraction of sp³-hybridized carbons (Fsp3) is 0.346. The second kappa shape index (κ2) is 9.79. The number of hydrogen-bond donors (Lipinski definition) is 6. The summed E-state index contributed by atoms with van der Waals surface area (Å²) >= 11 is 0. The van der Waals surface area contributed by atoms with Gasteiger partial charge in [-0.15, -0.1) is 0 Å². The van der Waals surface area contributed by atoms with Gasteiger partial charge >= 0.3 is 0 Å². The minimum Gasteiger partial charge on any atom is -0.399 e. The lowest BCUT2D eigenvalue weighted by molar-refractivity contribution is -0.127. The second-order valence-corrected chi connectivity index (χ2v) is 9.50. The Morgan fingerprint density at radius 1 is 1.11 bits per heavy atom. The number of fused-ring (bicyclic) bond motifs is 1. The van der Waals surface area contributed by atoms with Crippen LogP contribution in [0.4, 0.5) is 11.5 Å². The fourth-order valence-corrected chi connectivity index (χ4v) is 4.98. The van der Waals surface area contributed by atoms with Crippen LogP contribution >= 0.6 is 0 Å². The molecule has 0 radical (unpaired) electrons. The van der Waals surface area contributed by atoms with Crippen molar-refractivity contribution in [2.24, 2.45) is 17.6 Å². The van der Waals surface area contributed by atoms with Gasteiger partial charge in [-0.1, -0.05) is 18.2 Å². The SMILES string of the molecule is NCC1CCC(C(=O)NC(Cc2cccc(N)c2)c2nc(-c3ccc4c(N)n[nH]c4c3)c[nH]2)CC1. The third-order valence-corrected chi connectivity index (χ3v) is 7.07. The Morgan fingerprint density at radius 2 is 1.94 bits per heavy atom. The number of benzene rings is 2. The Bertz CT molecular complexity index is 1320. The third-order valence-electron chi connectivity index (χ3n) is 7.07. The molecule has 1 fully saturated rings. The lowest BCUT2D eigenvalue weighted by atomic mass is 9.81. The quantitative estimate of drug-likeness (QED) is 0.226. The summed E-state index contributed by atoms with van der Waals surface area (Å²) in [5, 5.41) is 11.2. The number of hydrogen-bond acceptors (Lipinski definition) is 6. The highest BCUT2D eigenvalue weighted by Gasteiger charge is 2.28. The van der Waals surface area contributed by atoms with Crippen molar-refractivity contribution in [1.29, 1.82) is 0 Å². The van der Waals surface area contributed by atoms with Crippen molar-refractivity contribution >= 4 is 28.3 Å². The number of carbonyl (C=O) groups is 1. The van der Waals surface area contributed by atoms with Crippen LogP contribution < -0.4 is 22.5 Å². The smallest absolute Gasteiger partial charge is 0.223 e. The summed E-state index contributed by atoms with van der Waals surface area (Å²) in [5.41, 5.74) is 22.0. The van der Waals surface area contributed by atoms with E-state index in [-0.39, 0.29) is 17.9 Å². The van der Waals surface area contributed by atoms with Gasteiger partial charge in [0.25, 0.3) is 0 Å². The molecule has 1 atom stereocenters. The maximum atomic E-state index is 13.2. The number of anilines is 2. The number of carbonyl (C=O) groups excluding carboxylic acids is 1. The van der Waals surface area contributed by atoms with Crippen molar-refractivity contribution in [2.75, 3.05) is 18.0 Å². The van der Waals surface area contributed by atoms with E-state index in [0.29, 0.717) is 36.2 Å². The van der Waals surface area contributed by atoms with Gasteiger partial charge < -0.3 is 27.5 Å². The van der Waals surface area contributed by atoms with Crippen LogP contribution in [0.2, 0.25) is 0 Å². The van der Waals surface area contributed by atoms with Crippen molar-refractivity contribution in [3.05, 3.63) is 60.0 Å². The van der Waals surface area contributed by atoms with Gasteiger partial charge in [0.1, 0.15) is 5.82 Å². The average molecular weight is 473 g/mol. The molecule has 0 aliphatic heterocycles. The van der Waals surface area contributed by atoms with E-state index in [9.17, 15) is 4.79 Å². The monoisotopic (exact) mass is 472 g/mol. The van der Waals surface area contributed by atoms with Gasteiger partial charge in [-0.2, -0.15) is 5.10 Å². The molecule has 1 unspecified atom stereocenters. The summed E-state index contributed by atoms with van der Waals surface area (Å²) in [6.07, 6.45) is 6.18. The summed E-state index contributed by atoms with van der Waals surface area (Å²) < 4.78 is 0. The first-order valence-electron chi connectivity index (χ1n) is 12.1. The van der Waals surface area contributed by atoms with Gasteiger partial charge in [-0.05, 0) is 74.4 Å². The number of nitrogens with one attached hydrogen (secondary N) is 3. The van der Waals surface area contributed by atoms with E-state index in [1.165, 1.54) is 0 Å². The number of imidazole rings is 1. The predicted molar refractivity (Wildman–Crippen MR) is 138 cm³/mol. The number of amides is 1. The average Bonchev–Trinajstić information content (AvgIpc) is 3.51. The molecule has 5 rings (SSSR count). The van der Waals surface area contributed by atoms with Crippen LogP contribution in [0.1, 0.15) is 43.1 Å². The Kier molecular flexibility index (Phi) is 6.41. The van der Waals surface area contributed by atoms with Crippen LogP contribution in [-0.4, -0.2) is 32.6 Å². The van der Waals surface area contributed by atoms with Gasteiger partial charge in [0.15, 0.2) is 5.82 Å². The molecule has 0 saturated heterocycles. The Labute approximate surface area is 203 Å². The molecule has 9 N–H and O–H groups in total. The number of aromatic amines is 2. The third kappa shape index (κ3) is 5.00. The van der Waals surface area contributed by atoms with E-state index in [4.69, 9.17) is 22.2 Å². The number of nitrogen functional groups attached to an aromatic ring is 2. The molecule has 2 heterocycles. The van der Waals surface area contributed by atoms with Gasteiger partial charge in [0.2, 0.25) is 5.91 Å². The highest BCUT2D eigenvalue weighted by Crippen LogP contribution is 2.30. The van der Waals surface area contributed by atoms with Crippen LogP contribution in [0, 0.1) is 11.8 Å². The van der Waals surface area contributed by atoms with Gasteiger partial charge in [0.05, 0.1) is 17.3 Å². The molecule has 0 spiro atoms. The number of nitrogens with two attached hydrogens (primary N) is 3. The van der Waals surface area contributed by atoms with Gasteiger partial charge in [-0.3, -0.25) is 9.89 Å². The van der Waals surface area contributed by atoms with Crippen molar-refractivity contribution in [1.82, 2.24) is 25.5 Å². The van der Waals surface area contributed by atoms with Crippen molar-refractivity contribution in [2.45, 2.75) is 38.1 Å². The minimum absolute atomic E-state index is 0.00354. The maximum absolute atomic E-state index is 13.2. The molecule has 9 nitrogen and oxygen atoms in total. The first-order chi connectivity index (χ1) is 17.0. The molecule has 1 amide bonds. The second-order valence-electron chi connectivity index (χ2n) is 9.50. The van der Waals surface area contributed by atoms with Crippen LogP contribution in [0.15, 0.2) is 48.7 Å². The van der Waals surface area contributed by atoms with Crippen molar-refractivity contribution < 1.29 is 4.79 Å². The van der Waals surface area contributed by atoms with E-state index < -0.39 is 0 Å². The molecule has 35 heavy (non-hydrogen) atoms. The molecule has 4 aromatic rings. The van der Waals surface area contributed by atoms with Crippen LogP contribution in [-0.2, 0) is 11.2 Å². The Hall–Kier alpha value is -3.85. The Morgan fingerprint density at radius 3 is 2.71 bits per heavy atom. The number of H-pyrrole nitrogens is 2. The van der Waals surface area contributed by atoms with E-state index in [1.807, 2.05) is 48.7 Å². The predicted octanol–water partition coefficient (Wildman–Crippen LogP) is 3.28. The fourth-order valence-electron chi connectivity index (χ4n) is 4.98. The molecule has 1 saturated carbocycles. The van der Waals surface area contributed by atoms with E-state index in [1.54, 1.807) is 0 Å². The van der Waals surface area contributed by atoms with Gasteiger partial charge in [0, 0.05) is 28.8 Å². The number of aromatic nitrogens is 4. The maximum Gasteiger partial charge on any atom is 0.223 e. The summed E-state index contributed by atoms with van der Waals surface area (Å²) in [6.45, 7) is 0.693. The van der Waals surface area contributed by atoms with Gasteiger partial charge in [-0.25, -0.2) is 4.98 Å². The molecule has 1 aliphatic rings. The highest BCUT2D eigenvalue weighted by molar-refractivity contribution is 5.91. The number of nitrogens with zero attached hydrogens (tertiary/aromatic N) is 2. The first-order valence-corrected chi connectivity index (χ1v) is 12.1. The summed E-state index contributed by atoms with van der Waals surface area (Å²) in [5.74, 6) is 1.78. The van der Waals surface area contributed by atoms with E-state index >= 15 is 0 Å². The molecular formula is C26H32N8O. The molecule has 182 valence electrons. The zero-order valence-corrected chi connectivity index (χ0v) is 19.6. The van der Waals surface area contributed by atoms with Crippen LogP contribution in [0.5, 0.6) is 0 Å². The Balaban J connectivity index is 1.39. The lowest BCUT2D eigenvalue weighted by Crippen LogP contribution is -2.37. The molecule has 9 heteroatoms. The van der Waals surface area contributed by atoms with E-state index in [0.717, 1.165) is 53.4 Å². The topological polar surface area (TPSA) is 165 Å². The normalized spacial score (nSPS) is 19.0. The zero-order chi connectivity index (χ0) is 24.4. The summed E-state index contributed by atoms with van der Waals surface area (Å²) in [7, 11) is 0. The summed E-state index contributed by atoms with van der Waals surface area (Å²) in [4.78, 5) is 21.4. The standard InChI is InChI=1S/C26H32N8O/c27-13-15-4-6-17(7-5-15)26(35)32-22(11-16-2-1-3-19(28)10-16)25-30-14-23(31-25)18-8-9-20-21(12-18)33-34-24(20)29/h1-3,8-10,12,14-15,17,22H,4-7,11,13,27-28H2,(H,30,31)(H,32,35)(H3,29,33,34). The van der Waals surface area contributed by atoms with Crippen LogP contribution in [0.3, 0.4) is 0 Å². The highest BCUT2D eigenvalue weighted by atomic mass is 16.2. The first kappa shape index (κ1) is 22.9. The van der Waals surface area contributed by atoms with Crippen LogP contribution in [0.25, 0.3) is 22.2 Å². The van der Waals surface area contributed by atoms with Crippen molar-refractivity contribution in [3.8, 4) is 11.3 Å². The molecule has 2 aromatic heterocycles. The zero-order valence-electron chi connectivity index (χ0n) is 19.6. The largest absolute Gasteiger partial charge is 0.399 e. The number of rotatable bonds is 7. The van der Waals surface area contributed by atoms with E-state index in [2.05, 4.69) is 20.5 Å². The minimum atomic E-state index is -0.309.